The Morgan fingerprint density at radius 1 is 1.33 bits per heavy atom. The van der Waals surface area contributed by atoms with Crippen molar-refractivity contribution in [2.24, 2.45) is 11.0 Å². The number of nitrogens with one attached hydrogen (secondary N) is 2. The molecule has 1 aromatic heterocycles. The molecule has 0 saturated carbocycles. The second kappa shape index (κ2) is 6.45. The van der Waals surface area contributed by atoms with Gasteiger partial charge in [-0.05, 0) is 12.1 Å². The molecule has 2 heterocycles. The molecule has 1 aliphatic heterocycles. The molecular weight excluding hydrogens is 310 g/mol. The van der Waals surface area contributed by atoms with Crippen molar-refractivity contribution >= 4 is 23.2 Å². The largest absolute Gasteiger partial charge is 0.506 e. The molecule has 0 aliphatic carbocycles. The van der Waals surface area contributed by atoms with E-state index in [0.29, 0.717) is 17.7 Å². The van der Waals surface area contributed by atoms with Crippen LogP contribution in [0.1, 0.15) is 29.3 Å². The molecular formula is C16H15N5O3. The number of phenols is 1. The molecule has 2 amide bonds. The summed E-state index contributed by atoms with van der Waals surface area (Å²) < 4.78 is 0. The zero-order chi connectivity index (χ0) is 17.1. The number of hydrogen-bond donors (Lipinski definition) is 3. The summed E-state index contributed by atoms with van der Waals surface area (Å²) in [4.78, 5) is 30.9. The van der Waals surface area contributed by atoms with E-state index in [2.05, 4.69) is 25.8 Å². The molecule has 0 bridgehead atoms. The van der Waals surface area contributed by atoms with Crippen LogP contribution in [-0.4, -0.2) is 32.6 Å². The SMILES string of the molecule is CC1CC(=O)NN=C1c1ccc(NC(=O)c2cncnc2)c(O)c1. The van der Waals surface area contributed by atoms with Gasteiger partial charge < -0.3 is 10.4 Å². The summed E-state index contributed by atoms with van der Waals surface area (Å²) >= 11 is 0. The summed E-state index contributed by atoms with van der Waals surface area (Å²) in [5.41, 5.74) is 4.34. The van der Waals surface area contributed by atoms with Gasteiger partial charge in [0.2, 0.25) is 5.91 Å². The van der Waals surface area contributed by atoms with Crippen molar-refractivity contribution in [3.8, 4) is 5.75 Å². The monoisotopic (exact) mass is 325 g/mol. The van der Waals surface area contributed by atoms with Crippen molar-refractivity contribution in [2.45, 2.75) is 13.3 Å². The number of phenolic OH excluding ortho intramolecular Hbond substituents is 1. The predicted octanol–water partition coefficient (Wildman–Crippen LogP) is 1.29. The van der Waals surface area contributed by atoms with Crippen LogP contribution < -0.4 is 10.7 Å². The maximum absolute atomic E-state index is 12.1. The maximum Gasteiger partial charge on any atom is 0.258 e. The van der Waals surface area contributed by atoms with Gasteiger partial charge in [-0.25, -0.2) is 15.4 Å². The number of anilines is 1. The normalized spacial score (nSPS) is 17.0. The van der Waals surface area contributed by atoms with Crippen molar-refractivity contribution in [3.05, 3.63) is 48.0 Å². The van der Waals surface area contributed by atoms with Crippen LogP contribution in [0.3, 0.4) is 0 Å². The number of rotatable bonds is 3. The number of hydrogen-bond acceptors (Lipinski definition) is 6. The van der Waals surface area contributed by atoms with E-state index in [9.17, 15) is 14.7 Å². The molecule has 1 aromatic carbocycles. The molecule has 2 aromatic rings. The number of hydrazone groups is 1. The molecule has 0 radical (unpaired) electrons. The molecule has 8 heteroatoms. The zero-order valence-corrected chi connectivity index (χ0v) is 12.9. The fourth-order valence-corrected chi connectivity index (χ4v) is 2.41. The maximum atomic E-state index is 12.1. The van der Waals surface area contributed by atoms with Crippen LogP contribution in [0.4, 0.5) is 5.69 Å². The van der Waals surface area contributed by atoms with Crippen LogP contribution in [-0.2, 0) is 4.79 Å². The van der Waals surface area contributed by atoms with Gasteiger partial charge in [0, 0.05) is 30.3 Å². The minimum absolute atomic E-state index is 0.0555. The molecule has 24 heavy (non-hydrogen) atoms. The fourth-order valence-electron chi connectivity index (χ4n) is 2.41. The Morgan fingerprint density at radius 3 is 2.75 bits per heavy atom. The predicted molar refractivity (Wildman–Crippen MR) is 86.6 cm³/mol. The van der Waals surface area contributed by atoms with Gasteiger partial charge in [0.1, 0.15) is 12.1 Å². The van der Waals surface area contributed by atoms with E-state index in [1.165, 1.54) is 24.8 Å². The third kappa shape index (κ3) is 3.22. The zero-order valence-electron chi connectivity index (χ0n) is 12.9. The highest BCUT2D eigenvalue weighted by Gasteiger charge is 2.22. The van der Waals surface area contributed by atoms with E-state index in [1.807, 2.05) is 6.92 Å². The Hall–Kier alpha value is -3.29. The van der Waals surface area contributed by atoms with Crippen LogP contribution in [0.15, 0.2) is 42.0 Å². The van der Waals surface area contributed by atoms with Gasteiger partial charge in [0.25, 0.3) is 5.91 Å². The molecule has 122 valence electrons. The third-order valence-corrected chi connectivity index (χ3v) is 3.62. The lowest BCUT2D eigenvalue weighted by atomic mass is 9.94. The quantitative estimate of drug-likeness (QED) is 0.735. The molecule has 0 fully saturated rings. The van der Waals surface area contributed by atoms with Crippen LogP contribution >= 0.6 is 0 Å². The standard InChI is InChI=1S/C16H15N5O3/c1-9-4-14(23)20-21-15(9)10-2-3-12(13(22)5-10)19-16(24)11-6-17-8-18-7-11/h2-3,5-9,22H,4H2,1H3,(H,19,24)(H,20,23). The summed E-state index contributed by atoms with van der Waals surface area (Å²) in [5, 5.41) is 16.8. The van der Waals surface area contributed by atoms with E-state index in [4.69, 9.17) is 0 Å². The first kappa shape index (κ1) is 15.6. The molecule has 1 unspecified atom stereocenters. The number of carbonyl (C=O) groups is 2. The minimum Gasteiger partial charge on any atom is -0.506 e. The molecule has 3 rings (SSSR count). The van der Waals surface area contributed by atoms with Gasteiger partial charge >= 0.3 is 0 Å². The van der Waals surface area contributed by atoms with E-state index in [1.54, 1.807) is 12.1 Å². The summed E-state index contributed by atoms with van der Waals surface area (Å²) in [7, 11) is 0. The second-order valence-corrected chi connectivity index (χ2v) is 5.45. The van der Waals surface area contributed by atoms with Crippen molar-refractivity contribution in [1.82, 2.24) is 15.4 Å². The molecule has 0 saturated heterocycles. The fraction of sp³-hybridized carbons (Fsp3) is 0.188. The Kier molecular flexibility index (Phi) is 4.19. The first-order valence-electron chi connectivity index (χ1n) is 7.31. The molecule has 8 nitrogen and oxygen atoms in total. The number of amides is 2. The van der Waals surface area contributed by atoms with Crippen molar-refractivity contribution in [2.75, 3.05) is 5.32 Å². The number of carbonyl (C=O) groups excluding carboxylic acids is 2. The lowest BCUT2D eigenvalue weighted by Gasteiger charge is -2.19. The lowest BCUT2D eigenvalue weighted by Crippen LogP contribution is -2.31. The first-order valence-corrected chi connectivity index (χ1v) is 7.31. The number of benzene rings is 1. The Labute approximate surface area is 137 Å². The summed E-state index contributed by atoms with van der Waals surface area (Å²) in [5.74, 6) is -0.705. The Balaban J connectivity index is 1.80. The van der Waals surface area contributed by atoms with Crippen LogP contribution in [0, 0.1) is 5.92 Å². The van der Waals surface area contributed by atoms with Crippen LogP contribution in [0.5, 0.6) is 5.75 Å². The van der Waals surface area contributed by atoms with Crippen molar-refractivity contribution in [1.29, 1.82) is 0 Å². The van der Waals surface area contributed by atoms with Crippen LogP contribution in [0.2, 0.25) is 0 Å². The smallest absolute Gasteiger partial charge is 0.258 e. The van der Waals surface area contributed by atoms with Gasteiger partial charge in [0.05, 0.1) is 17.0 Å². The van der Waals surface area contributed by atoms with Gasteiger partial charge in [-0.1, -0.05) is 13.0 Å². The van der Waals surface area contributed by atoms with E-state index in [-0.39, 0.29) is 28.8 Å². The van der Waals surface area contributed by atoms with Crippen molar-refractivity contribution < 1.29 is 14.7 Å². The highest BCUT2D eigenvalue weighted by atomic mass is 16.3. The summed E-state index contributed by atoms with van der Waals surface area (Å²) in [6.45, 7) is 1.89. The summed E-state index contributed by atoms with van der Waals surface area (Å²) in [6, 6.07) is 4.81. The molecule has 3 N–H and O–H groups in total. The number of nitrogens with zero attached hydrogens (tertiary/aromatic N) is 3. The third-order valence-electron chi connectivity index (χ3n) is 3.62. The van der Waals surface area contributed by atoms with E-state index in [0.717, 1.165) is 0 Å². The average Bonchev–Trinajstić information content (AvgIpc) is 2.57. The van der Waals surface area contributed by atoms with Gasteiger partial charge in [-0.2, -0.15) is 5.10 Å². The van der Waals surface area contributed by atoms with Gasteiger partial charge in [-0.15, -0.1) is 0 Å². The highest BCUT2D eigenvalue weighted by Crippen LogP contribution is 2.27. The van der Waals surface area contributed by atoms with Gasteiger partial charge in [-0.3, -0.25) is 9.59 Å². The topological polar surface area (TPSA) is 117 Å². The van der Waals surface area contributed by atoms with Gasteiger partial charge in [0.15, 0.2) is 0 Å². The first-order chi connectivity index (χ1) is 11.5. The van der Waals surface area contributed by atoms with Crippen LogP contribution in [0.25, 0.3) is 0 Å². The minimum atomic E-state index is -0.422. The number of aromatic nitrogens is 2. The molecule has 1 aliphatic rings. The average molecular weight is 325 g/mol. The van der Waals surface area contributed by atoms with E-state index >= 15 is 0 Å². The van der Waals surface area contributed by atoms with Crippen molar-refractivity contribution in [3.63, 3.8) is 0 Å². The summed E-state index contributed by atoms with van der Waals surface area (Å²) in [6.07, 6.45) is 4.43. The second-order valence-electron chi connectivity index (χ2n) is 5.45. The lowest BCUT2D eigenvalue weighted by molar-refractivity contribution is -0.121. The Bertz CT molecular complexity index is 820. The molecule has 0 spiro atoms. The van der Waals surface area contributed by atoms with E-state index < -0.39 is 5.91 Å². The molecule has 1 atom stereocenters. The highest BCUT2D eigenvalue weighted by molar-refractivity contribution is 6.07. The number of aromatic hydroxyl groups is 1. The Morgan fingerprint density at radius 2 is 2.08 bits per heavy atom.